The number of pyridine rings is 1. The molecule has 1 aliphatic heterocycles. The van der Waals surface area contributed by atoms with Crippen molar-refractivity contribution in [2.45, 2.75) is 32.2 Å². The van der Waals surface area contributed by atoms with Crippen LogP contribution in [0.4, 0.5) is 0 Å². The van der Waals surface area contributed by atoms with E-state index in [1.54, 1.807) is 6.07 Å². The Morgan fingerprint density at radius 2 is 1.91 bits per heavy atom. The molecule has 0 radical (unpaired) electrons. The largest absolute Gasteiger partial charge is 0.441 e. The number of carbonyl (C=O) groups is 1. The van der Waals surface area contributed by atoms with Crippen LogP contribution in [0.1, 0.15) is 22.8 Å². The van der Waals surface area contributed by atoms with Crippen LogP contribution in [0.15, 0.2) is 52.9 Å². The highest BCUT2D eigenvalue weighted by Crippen LogP contribution is 2.23. The van der Waals surface area contributed by atoms with Crippen LogP contribution in [-0.2, 0) is 27.7 Å². The molecule has 1 fully saturated rings. The first-order valence-electron chi connectivity index (χ1n) is 10.5. The van der Waals surface area contributed by atoms with E-state index in [2.05, 4.69) is 15.3 Å². The van der Waals surface area contributed by atoms with Crippen LogP contribution in [0.2, 0.25) is 0 Å². The maximum atomic E-state index is 12.7. The number of nitrogens with zero attached hydrogens (tertiary/aromatic N) is 3. The number of oxazole rings is 1. The van der Waals surface area contributed by atoms with Crippen molar-refractivity contribution in [2.24, 2.45) is 0 Å². The molecule has 2 aromatic heterocycles. The van der Waals surface area contributed by atoms with Gasteiger partial charge in [-0.2, -0.15) is 0 Å². The van der Waals surface area contributed by atoms with Crippen molar-refractivity contribution in [3.05, 3.63) is 71.4 Å². The van der Waals surface area contributed by atoms with E-state index < -0.39 is 21.0 Å². The Balaban J connectivity index is 1.43. The summed E-state index contributed by atoms with van der Waals surface area (Å²) in [5, 5.41) is 1.61. The summed E-state index contributed by atoms with van der Waals surface area (Å²) in [5.74, 6) is 0.641. The third-order valence-corrected chi connectivity index (χ3v) is 7.50. The lowest BCUT2D eigenvalue weighted by Crippen LogP contribution is -2.53. The summed E-state index contributed by atoms with van der Waals surface area (Å²) in [6.07, 6.45) is 0. The number of rotatable bonds is 6. The van der Waals surface area contributed by atoms with E-state index in [1.807, 2.05) is 61.2 Å². The molecule has 32 heavy (non-hydrogen) atoms. The first kappa shape index (κ1) is 22.2. The Bertz CT molecular complexity index is 1210. The lowest BCUT2D eigenvalue weighted by Gasteiger charge is -2.31. The molecule has 1 aliphatic rings. The highest BCUT2D eigenvalue weighted by Gasteiger charge is 2.38. The second kappa shape index (κ2) is 9.22. The number of benzene rings is 1. The summed E-state index contributed by atoms with van der Waals surface area (Å²) in [6.45, 7) is 4.77. The van der Waals surface area contributed by atoms with Gasteiger partial charge in [0, 0.05) is 30.9 Å². The third-order valence-electron chi connectivity index (χ3n) is 5.52. The molecule has 1 N–H and O–H groups in total. The number of hydrogen-bond acceptors (Lipinski definition) is 7. The molecule has 1 saturated heterocycles. The third kappa shape index (κ3) is 5.05. The van der Waals surface area contributed by atoms with Crippen LogP contribution in [-0.4, -0.2) is 53.3 Å². The van der Waals surface area contributed by atoms with Crippen molar-refractivity contribution >= 4 is 15.7 Å². The Kier molecular flexibility index (Phi) is 6.38. The first-order valence-corrected chi connectivity index (χ1v) is 12.2. The van der Waals surface area contributed by atoms with Gasteiger partial charge in [-0.15, -0.1) is 0 Å². The molecule has 9 heteroatoms. The molecule has 0 spiro atoms. The Morgan fingerprint density at radius 1 is 1.12 bits per heavy atom. The topological polar surface area (TPSA) is 105 Å². The Morgan fingerprint density at radius 3 is 2.66 bits per heavy atom. The number of nitrogens with one attached hydrogen (secondary N) is 1. The van der Waals surface area contributed by atoms with Gasteiger partial charge in [0.05, 0.1) is 23.7 Å². The zero-order chi connectivity index (χ0) is 22.7. The minimum atomic E-state index is -3.53. The second-order valence-electron chi connectivity index (χ2n) is 7.97. The molecular weight excluding hydrogens is 428 g/mol. The summed E-state index contributed by atoms with van der Waals surface area (Å²) < 4.78 is 31.0. The molecule has 0 bridgehead atoms. The molecule has 1 aromatic carbocycles. The molecule has 168 valence electrons. The van der Waals surface area contributed by atoms with Gasteiger partial charge in [0.2, 0.25) is 11.8 Å². The van der Waals surface area contributed by atoms with Gasteiger partial charge in [-0.25, -0.2) is 13.4 Å². The second-order valence-corrected chi connectivity index (χ2v) is 10.3. The molecule has 8 nitrogen and oxygen atoms in total. The van der Waals surface area contributed by atoms with Crippen LogP contribution in [0.25, 0.3) is 11.5 Å². The Labute approximate surface area is 187 Å². The van der Waals surface area contributed by atoms with Crippen molar-refractivity contribution in [2.75, 3.05) is 18.8 Å². The van der Waals surface area contributed by atoms with Gasteiger partial charge < -0.3 is 9.73 Å². The number of aryl methyl sites for hydroxylation is 2. The van der Waals surface area contributed by atoms with Crippen LogP contribution in [0, 0.1) is 13.8 Å². The summed E-state index contributed by atoms with van der Waals surface area (Å²) in [5.41, 5.74) is 3.15. The van der Waals surface area contributed by atoms with Crippen LogP contribution in [0.5, 0.6) is 0 Å². The molecule has 4 rings (SSSR count). The van der Waals surface area contributed by atoms with E-state index in [9.17, 15) is 13.2 Å². The van der Waals surface area contributed by atoms with Crippen molar-refractivity contribution in [3.63, 3.8) is 0 Å². The average Bonchev–Trinajstić information content (AvgIpc) is 3.14. The van der Waals surface area contributed by atoms with Gasteiger partial charge in [0.15, 0.2) is 15.1 Å². The van der Waals surface area contributed by atoms with Gasteiger partial charge >= 0.3 is 0 Å². The minimum Gasteiger partial charge on any atom is -0.441 e. The molecule has 1 unspecified atom stereocenters. The normalized spacial score (nSPS) is 18.4. The van der Waals surface area contributed by atoms with E-state index in [0.717, 1.165) is 17.0 Å². The van der Waals surface area contributed by atoms with Crippen LogP contribution < -0.4 is 5.32 Å². The predicted molar refractivity (Wildman–Crippen MR) is 120 cm³/mol. The summed E-state index contributed by atoms with van der Waals surface area (Å²) in [4.78, 5) is 23.6. The van der Waals surface area contributed by atoms with E-state index in [4.69, 9.17) is 4.42 Å². The van der Waals surface area contributed by atoms with Crippen molar-refractivity contribution < 1.29 is 17.6 Å². The average molecular weight is 455 g/mol. The summed E-state index contributed by atoms with van der Waals surface area (Å²) >= 11 is 0. The minimum absolute atomic E-state index is 0.0732. The van der Waals surface area contributed by atoms with Gasteiger partial charge in [0.25, 0.3) is 0 Å². The number of carbonyl (C=O) groups excluding carboxylic acids is 1. The molecule has 0 saturated carbocycles. The van der Waals surface area contributed by atoms with Gasteiger partial charge in [-0.05, 0) is 38.1 Å². The lowest BCUT2D eigenvalue weighted by molar-refractivity contribution is -0.121. The highest BCUT2D eigenvalue weighted by molar-refractivity contribution is 7.92. The smallest absolute Gasteiger partial charge is 0.239 e. The summed E-state index contributed by atoms with van der Waals surface area (Å²) in [7, 11) is -3.53. The Hall–Kier alpha value is -3.04. The fraction of sp³-hybridized carbons (Fsp3) is 0.348. The van der Waals surface area contributed by atoms with Crippen molar-refractivity contribution in [3.8, 4) is 11.5 Å². The quantitative estimate of drug-likeness (QED) is 0.609. The zero-order valence-corrected chi connectivity index (χ0v) is 18.9. The van der Waals surface area contributed by atoms with Gasteiger partial charge in [0.1, 0.15) is 5.76 Å². The number of amides is 1. The maximum Gasteiger partial charge on any atom is 0.239 e. The van der Waals surface area contributed by atoms with Crippen molar-refractivity contribution in [1.82, 2.24) is 20.2 Å². The molecule has 3 heterocycles. The fourth-order valence-corrected chi connectivity index (χ4v) is 5.35. The van der Waals surface area contributed by atoms with E-state index in [-0.39, 0.29) is 18.8 Å². The molecule has 3 aromatic rings. The fourth-order valence-electron chi connectivity index (χ4n) is 3.71. The first-order chi connectivity index (χ1) is 15.3. The number of sulfone groups is 1. The monoisotopic (exact) mass is 454 g/mol. The van der Waals surface area contributed by atoms with E-state index in [1.165, 1.54) is 0 Å². The van der Waals surface area contributed by atoms with E-state index in [0.29, 0.717) is 30.4 Å². The predicted octanol–water partition coefficient (Wildman–Crippen LogP) is 2.27. The number of hydrogen-bond donors (Lipinski definition) is 1. The van der Waals surface area contributed by atoms with Crippen LogP contribution >= 0.6 is 0 Å². The van der Waals surface area contributed by atoms with Crippen molar-refractivity contribution in [1.29, 1.82) is 0 Å². The standard InChI is InChI=1S/C23H26N4O4S/c1-16-7-6-10-19(25-16)13-24-22(28)21-15-27(11-12-32(21,29)30)14-20-17(2)31-23(26-20)18-8-4-3-5-9-18/h3-10,21H,11-15H2,1-2H3,(H,24,28). The highest BCUT2D eigenvalue weighted by atomic mass is 32.2. The SMILES string of the molecule is Cc1cccc(CNC(=O)C2CN(Cc3nc(-c4ccccc4)oc3C)CCS2(=O)=O)n1. The lowest BCUT2D eigenvalue weighted by atomic mass is 10.2. The van der Waals surface area contributed by atoms with Crippen LogP contribution in [0.3, 0.4) is 0 Å². The molecular formula is C23H26N4O4S. The molecule has 1 atom stereocenters. The van der Waals surface area contributed by atoms with E-state index >= 15 is 0 Å². The van der Waals surface area contributed by atoms with Gasteiger partial charge in [-0.1, -0.05) is 24.3 Å². The number of aromatic nitrogens is 2. The maximum absolute atomic E-state index is 12.7. The summed E-state index contributed by atoms with van der Waals surface area (Å²) in [6, 6.07) is 15.1. The molecule has 0 aliphatic carbocycles. The molecule has 1 amide bonds. The zero-order valence-electron chi connectivity index (χ0n) is 18.1. The van der Waals surface area contributed by atoms with Gasteiger partial charge in [-0.3, -0.25) is 14.7 Å².